The number of benzene rings is 2. The quantitative estimate of drug-likeness (QED) is 0.554. The summed E-state index contributed by atoms with van der Waals surface area (Å²) in [5.74, 6) is -0.00975. The van der Waals surface area contributed by atoms with Gasteiger partial charge in [0, 0.05) is 17.6 Å². The Morgan fingerprint density at radius 3 is 2.34 bits per heavy atom. The molecule has 3 aromatic rings. The van der Waals surface area contributed by atoms with E-state index in [1.165, 1.54) is 6.07 Å². The Balaban J connectivity index is 1.92. The van der Waals surface area contributed by atoms with Crippen molar-refractivity contribution in [2.75, 3.05) is 10.6 Å². The molecule has 0 aliphatic heterocycles. The van der Waals surface area contributed by atoms with E-state index in [-0.39, 0.29) is 5.95 Å². The third-order valence-electron chi connectivity index (χ3n) is 4.18. The van der Waals surface area contributed by atoms with Crippen LogP contribution < -0.4 is 10.6 Å². The zero-order chi connectivity index (χ0) is 21.0. The van der Waals surface area contributed by atoms with Gasteiger partial charge >= 0.3 is 6.18 Å². The lowest BCUT2D eigenvalue weighted by Gasteiger charge is -2.15. The minimum absolute atomic E-state index is 0.0224. The van der Waals surface area contributed by atoms with E-state index in [4.69, 9.17) is 5.26 Å². The number of halogens is 3. The number of rotatable bonds is 5. The Morgan fingerprint density at radius 1 is 1.00 bits per heavy atom. The predicted octanol–water partition coefficient (Wildman–Crippen LogP) is 5.98. The Hall–Kier alpha value is -3.60. The molecule has 0 aliphatic rings. The zero-order valence-corrected chi connectivity index (χ0v) is 15.7. The van der Waals surface area contributed by atoms with Gasteiger partial charge in [0.1, 0.15) is 11.4 Å². The fourth-order valence-corrected chi connectivity index (χ4v) is 2.63. The van der Waals surface area contributed by atoms with Crippen molar-refractivity contribution in [3.63, 3.8) is 0 Å². The van der Waals surface area contributed by atoms with Gasteiger partial charge in [-0.25, -0.2) is 4.98 Å². The summed E-state index contributed by atoms with van der Waals surface area (Å²) >= 11 is 0. The Kier molecular flexibility index (Phi) is 5.69. The van der Waals surface area contributed by atoms with Gasteiger partial charge in [0.25, 0.3) is 0 Å². The molecule has 5 nitrogen and oxygen atoms in total. The van der Waals surface area contributed by atoms with Crippen LogP contribution in [0.1, 0.15) is 36.5 Å². The molecule has 0 aliphatic carbocycles. The van der Waals surface area contributed by atoms with Crippen molar-refractivity contribution in [3.05, 3.63) is 71.4 Å². The molecule has 0 fully saturated rings. The highest BCUT2D eigenvalue weighted by molar-refractivity contribution is 5.64. The van der Waals surface area contributed by atoms with Crippen molar-refractivity contribution < 1.29 is 13.2 Å². The topological polar surface area (TPSA) is 73.6 Å². The highest BCUT2D eigenvalue weighted by Gasteiger charge is 2.35. The first-order chi connectivity index (χ1) is 13.8. The zero-order valence-electron chi connectivity index (χ0n) is 15.7. The lowest BCUT2D eigenvalue weighted by molar-refractivity contribution is -0.137. The van der Waals surface area contributed by atoms with Gasteiger partial charge in [0.05, 0.1) is 11.6 Å². The summed E-state index contributed by atoms with van der Waals surface area (Å²) < 4.78 is 40.1. The molecule has 0 radical (unpaired) electrons. The van der Waals surface area contributed by atoms with Crippen LogP contribution in [0.25, 0.3) is 0 Å². The molecule has 29 heavy (non-hydrogen) atoms. The van der Waals surface area contributed by atoms with Crippen LogP contribution in [0.15, 0.2) is 54.7 Å². The maximum absolute atomic E-state index is 13.4. The van der Waals surface area contributed by atoms with E-state index in [0.717, 1.165) is 11.8 Å². The molecular formula is C21H18F3N5. The summed E-state index contributed by atoms with van der Waals surface area (Å²) in [4.78, 5) is 7.81. The first-order valence-corrected chi connectivity index (χ1v) is 8.84. The third kappa shape index (κ3) is 5.02. The van der Waals surface area contributed by atoms with Gasteiger partial charge in [-0.3, -0.25) is 0 Å². The molecule has 2 N–H and O–H groups in total. The smallest absolute Gasteiger partial charge is 0.340 e. The molecule has 0 amide bonds. The molecule has 0 bridgehead atoms. The van der Waals surface area contributed by atoms with Crippen LogP contribution in [0.5, 0.6) is 0 Å². The highest BCUT2D eigenvalue weighted by Crippen LogP contribution is 2.35. The van der Waals surface area contributed by atoms with Crippen LogP contribution in [-0.4, -0.2) is 9.97 Å². The van der Waals surface area contributed by atoms with E-state index in [0.29, 0.717) is 22.9 Å². The van der Waals surface area contributed by atoms with Crippen LogP contribution >= 0.6 is 0 Å². The number of nitriles is 1. The molecule has 148 valence electrons. The number of aromatic nitrogens is 2. The van der Waals surface area contributed by atoms with Crippen LogP contribution in [0.3, 0.4) is 0 Å². The Labute approximate surface area is 166 Å². The maximum atomic E-state index is 13.4. The summed E-state index contributed by atoms with van der Waals surface area (Å²) in [5, 5.41) is 14.5. The molecule has 1 heterocycles. The largest absolute Gasteiger partial charge is 0.421 e. The third-order valence-corrected chi connectivity index (χ3v) is 4.18. The number of nitrogens with one attached hydrogen (secondary N) is 2. The van der Waals surface area contributed by atoms with E-state index >= 15 is 0 Å². The van der Waals surface area contributed by atoms with Crippen molar-refractivity contribution in [1.82, 2.24) is 9.97 Å². The van der Waals surface area contributed by atoms with Crippen molar-refractivity contribution in [2.24, 2.45) is 0 Å². The summed E-state index contributed by atoms with van der Waals surface area (Å²) in [6.45, 7) is 4.14. The molecule has 0 saturated carbocycles. The van der Waals surface area contributed by atoms with Gasteiger partial charge in [-0.2, -0.15) is 23.4 Å². The highest BCUT2D eigenvalue weighted by atomic mass is 19.4. The SMILES string of the molecule is CC(C)c1ccc(Nc2ncc(C(F)(F)F)c(Nc3cccc(C#N)c3)n2)cc1. The minimum Gasteiger partial charge on any atom is -0.340 e. The van der Waals surface area contributed by atoms with Crippen LogP contribution in [0, 0.1) is 11.3 Å². The summed E-state index contributed by atoms with van der Waals surface area (Å²) in [7, 11) is 0. The number of hydrogen-bond donors (Lipinski definition) is 2. The first kappa shape index (κ1) is 20.1. The van der Waals surface area contributed by atoms with Gasteiger partial charge < -0.3 is 10.6 Å². The first-order valence-electron chi connectivity index (χ1n) is 8.84. The van der Waals surface area contributed by atoms with Gasteiger partial charge in [0.15, 0.2) is 0 Å². The van der Waals surface area contributed by atoms with Gasteiger partial charge in [-0.05, 0) is 41.8 Å². The maximum Gasteiger partial charge on any atom is 0.421 e. The molecule has 2 aromatic carbocycles. The van der Waals surface area contributed by atoms with E-state index < -0.39 is 17.6 Å². The number of hydrogen-bond acceptors (Lipinski definition) is 5. The van der Waals surface area contributed by atoms with E-state index in [2.05, 4.69) is 34.4 Å². The van der Waals surface area contributed by atoms with Crippen LogP contribution in [0.2, 0.25) is 0 Å². The summed E-state index contributed by atoms with van der Waals surface area (Å²) in [5.41, 5.74) is 1.44. The van der Waals surface area contributed by atoms with Crippen LogP contribution in [-0.2, 0) is 6.18 Å². The average Bonchev–Trinajstić information content (AvgIpc) is 2.68. The molecule has 0 saturated heterocycles. The van der Waals surface area contributed by atoms with Crippen molar-refractivity contribution in [1.29, 1.82) is 5.26 Å². The van der Waals surface area contributed by atoms with Gasteiger partial charge in [-0.1, -0.05) is 32.0 Å². The Morgan fingerprint density at radius 2 is 1.72 bits per heavy atom. The van der Waals surface area contributed by atoms with Gasteiger partial charge in [-0.15, -0.1) is 0 Å². The summed E-state index contributed by atoms with van der Waals surface area (Å²) in [6.07, 6.45) is -3.90. The predicted molar refractivity (Wildman–Crippen MR) is 105 cm³/mol. The number of nitrogens with zero attached hydrogens (tertiary/aromatic N) is 3. The normalized spacial score (nSPS) is 11.2. The number of alkyl halides is 3. The molecule has 1 aromatic heterocycles. The minimum atomic E-state index is -4.63. The average molecular weight is 397 g/mol. The summed E-state index contributed by atoms with van der Waals surface area (Å²) in [6, 6.07) is 15.6. The second-order valence-corrected chi connectivity index (χ2v) is 6.67. The lowest BCUT2D eigenvalue weighted by atomic mass is 10.0. The Bertz CT molecular complexity index is 1040. The van der Waals surface area contributed by atoms with Gasteiger partial charge in [0.2, 0.25) is 5.95 Å². The molecule has 0 unspecified atom stereocenters. The second kappa shape index (κ2) is 8.19. The lowest BCUT2D eigenvalue weighted by Crippen LogP contribution is -2.12. The molecule has 0 spiro atoms. The molecule has 0 atom stereocenters. The van der Waals surface area contributed by atoms with Crippen molar-refractivity contribution in [2.45, 2.75) is 25.9 Å². The molecule has 3 rings (SSSR count). The fourth-order valence-electron chi connectivity index (χ4n) is 2.63. The van der Waals surface area contributed by atoms with E-state index in [9.17, 15) is 13.2 Å². The van der Waals surface area contributed by atoms with Crippen LogP contribution in [0.4, 0.5) is 36.3 Å². The molecular weight excluding hydrogens is 379 g/mol. The van der Waals surface area contributed by atoms with E-state index in [1.54, 1.807) is 18.2 Å². The standard InChI is InChI=1S/C21H18F3N5/c1-13(2)15-6-8-16(9-7-15)28-20-26-12-18(21(22,23)24)19(29-20)27-17-5-3-4-14(10-17)11-25/h3-10,12-13H,1-2H3,(H2,26,27,28,29). The second-order valence-electron chi connectivity index (χ2n) is 6.67. The number of anilines is 4. The van der Waals surface area contributed by atoms with Crippen molar-refractivity contribution in [3.8, 4) is 6.07 Å². The fraction of sp³-hybridized carbons (Fsp3) is 0.190. The molecule has 8 heteroatoms. The van der Waals surface area contributed by atoms with Crippen molar-refractivity contribution >= 4 is 23.1 Å². The monoisotopic (exact) mass is 397 g/mol. The van der Waals surface area contributed by atoms with E-state index in [1.807, 2.05) is 30.3 Å².